The van der Waals surface area contributed by atoms with Gasteiger partial charge in [-0.3, -0.25) is 4.79 Å². The zero-order valence-corrected chi connectivity index (χ0v) is 8.29. The van der Waals surface area contributed by atoms with Gasteiger partial charge in [0.15, 0.2) is 0 Å². The molecule has 1 aliphatic carbocycles. The van der Waals surface area contributed by atoms with Gasteiger partial charge in [-0.25, -0.2) is 0 Å². The van der Waals surface area contributed by atoms with E-state index in [4.69, 9.17) is 0 Å². The Labute approximate surface area is 83.6 Å². The van der Waals surface area contributed by atoms with Gasteiger partial charge in [0.2, 0.25) is 0 Å². The monoisotopic (exact) mass is 190 g/mol. The highest BCUT2D eigenvalue weighted by molar-refractivity contribution is 5.82. The molecule has 1 saturated carbocycles. The predicted octanol–water partition coefficient (Wildman–Crippen LogP) is 1.94. The lowest BCUT2D eigenvalue weighted by molar-refractivity contribution is -0.118. The molecule has 1 aliphatic rings. The van der Waals surface area contributed by atoms with Crippen molar-refractivity contribution in [2.75, 3.05) is 0 Å². The van der Waals surface area contributed by atoms with Crippen LogP contribution in [-0.4, -0.2) is 10.9 Å². The van der Waals surface area contributed by atoms with E-state index in [1.807, 2.05) is 31.2 Å². The fraction of sp³-hybridized carbons (Fsp3) is 0.417. The molecule has 1 atom stereocenters. The van der Waals surface area contributed by atoms with Gasteiger partial charge in [-0.2, -0.15) is 0 Å². The summed E-state index contributed by atoms with van der Waals surface area (Å²) >= 11 is 0. The van der Waals surface area contributed by atoms with E-state index in [1.54, 1.807) is 0 Å². The van der Waals surface area contributed by atoms with Crippen molar-refractivity contribution >= 4 is 5.78 Å². The molecule has 74 valence electrons. The molecule has 0 radical (unpaired) electrons. The fourth-order valence-electron chi connectivity index (χ4n) is 1.96. The van der Waals surface area contributed by atoms with Crippen LogP contribution < -0.4 is 0 Å². The van der Waals surface area contributed by atoms with Crippen molar-refractivity contribution in [2.24, 2.45) is 0 Å². The number of benzene rings is 1. The van der Waals surface area contributed by atoms with Crippen LogP contribution in [0.1, 0.15) is 30.4 Å². The van der Waals surface area contributed by atoms with E-state index in [-0.39, 0.29) is 12.2 Å². The van der Waals surface area contributed by atoms with Gasteiger partial charge in [0, 0.05) is 12.8 Å². The normalized spacial score (nSPS) is 26.9. The zero-order chi connectivity index (χ0) is 10.2. The minimum Gasteiger partial charge on any atom is -0.385 e. The minimum absolute atomic E-state index is 0.160. The second kappa shape index (κ2) is 3.21. The summed E-state index contributed by atoms with van der Waals surface area (Å²) in [5, 5.41) is 10.2. The Kier molecular flexibility index (Phi) is 2.16. The van der Waals surface area contributed by atoms with Crippen LogP contribution in [0, 0.1) is 6.92 Å². The molecule has 0 amide bonds. The molecule has 1 aromatic carbocycles. The number of ketones is 1. The fourth-order valence-corrected chi connectivity index (χ4v) is 1.96. The second-order valence-electron chi connectivity index (χ2n) is 4.11. The average molecular weight is 190 g/mol. The van der Waals surface area contributed by atoms with Gasteiger partial charge in [0.25, 0.3) is 0 Å². The highest BCUT2D eigenvalue weighted by Gasteiger charge is 2.37. The number of hydrogen-bond donors (Lipinski definition) is 1. The molecule has 2 rings (SSSR count). The molecule has 0 heterocycles. The first-order valence-corrected chi connectivity index (χ1v) is 4.91. The Hall–Kier alpha value is -1.15. The summed E-state index contributed by atoms with van der Waals surface area (Å²) in [6.45, 7) is 2.01. The molecule has 0 saturated heterocycles. The molecule has 0 aromatic heterocycles. The maximum atomic E-state index is 11.1. The maximum absolute atomic E-state index is 11.1. The van der Waals surface area contributed by atoms with E-state index in [0.29, 0.717) is 12.8 Å². The van der Waals surface area contributed by atoms with E-state index < -0.39 is 5.60 Å². The van der Waals surface area contributed by atoms with Gasteiger partial charge in [-0.05, 0) is 18.9 Å². The van der Waals surface area contributed by atoms with Crippen LogP contribution in [0.15, 0.2) is 24.3 Å². The third-order valence-electron chi connectivity index (χ3n) is 2.90. The number of rotatable bonds is 1. The number of carbonyl (C=O) groups excluding carboxylic acids is 1. The van der Waals surface area contributed by atoms with Crippen molar-refractivity contribution in [1.82, 2.24) is 0 Å². The highest BCUT2D eigenvalue weighted by atomic mass is 16.3. The molecule has 1 fully saturated rings. The largest absolute Gasteiger partial charge is 0.385 e. The predicted molar refractivity (Wildman–Crippen MR) is 53.9 cm³/mol. The van der Waals surface area contributed by atoms with E-state index in [9.17, 15) is 9.90 Å². The van der Waals surface area contributed by atoms with Gasteiger partial charge in [0.1, 0.15) is 5.78 Å². The molecule has 0 spiro atoms. The van der Waals surface area contributed by atoms with Crippen molar-refractivity contribution < 1.29 is 9.90 Å². The summed E-state index contributed by atoms with van der Waals surface area (Å²) in [6, 6.07) is 7.76. The first kappa shape index (κ1) is 9.41. The average Bonchev–Trinajstić information content (AvgIpc) is 2.48. The molecule has 2 nitrogen and oxygen atoms in total. The first-order valence-electron chi connectivity index (χ1n) is 4.91. The lowest BCUT2D eigenvalue weighted by Crippen LogP contribution is -2.21. The van der Waals surface area contributed by atoms with Crippen LogP contribution in [0.5, 0.6) is 0 Å². The number of aryl methyl sites for hydroxylation is 1. The summed E-state index contributed by atoms with van der Waals surface area (Å²) < 4.78 is 0. The third kappa shape index (κ3) is 1.58. The van der Waals surface area contributed by atoms with Gasteiger partial charge in [-0.15, -0.1) is 0 Å². The molecule has 1 N–H and O–H groups in total. The Morgan fingerprint density at radius 3 is 2.43 bits per heavy atom. The highest BCUT2D eigenvalue weighted by Crippen LogP contribution is 2.36. The number of carbonyl (C=O) groups is 1. The summed E-state index contributed by atoms with van der Waals surface area (Å²) in [4.78, 5) is 11.1. The molecular formula is C12H14O2. The number of Topliss-reactive ketones (excluding diaryl/α,β-unsaturated/α-hetero) is 1. The van der Waals surface area contributed by atoms with E-state index in [1.165, 1.54) is 5.56 Å². The Morgan fingerprint density at radius 1 is 1.29 bits per heavy atom. The molecule has 1 aromatic rings. The van der Waals surface area contributed by atoms with Crippen LogP contribution in [0.2, 0.25) is 0 Å². The maximum Gasteiger partial charge on any atom is 0.136 e. The topological polar surface area (TPSA) is 37.3 Å². The van der Waals surface area contributed by atoms with Gasteiger partial charge in [0.05, 0.1) is 5.60 Å². The van der Waals surface area contributed by atoms with E-state index >= 15 is 0 Å². The lowest BCUT2D eigenvalue weighted by atomic mass is 9.92. The summed E-state index contributed by atoms with van der Waals surface area (Å²) in [7, 11) is 0. The van der Waals surface area contributed by atoms with Gasteiger partial charge >= 0.3 is 0 Å². The van der Waals surface area contributed by atoms with Crippen molar-refractivity contribution in [3.63, 3.8) is 0 Å². The van der Waals surface area contributed by atoms with E-state index in [2.05, 4.69) is 0 Å². The molecule has 1 unspecified atom stereocenters. The van der Waals surface area contributed by atoms with Gasteiger partial charge in [-0.1, -0.05) is 29.8 Å². The summed E-state index contributed by atoms with van der Waals surface area (Å²) in [6.07, 6.45) is 1.34. The van der Waals surface area contributed by atoms with Gasteiger partial charge < -0.3 is 5.11 Å². The van der Waals surface area contributed by atoms with Crippen molar-refractivity contribution in [1.29, 1.82) is 0 Å². The van der Waals surface area contributed by atoms with Crippen LogP contribution >= 0.6 is 0 Å². The quantitative estimate of drug-likeness (QED) is 0.734. The first-order chi connectivity index (χ1) is 6.60. The van der Waals surface area contributed by atoms with Crippen molar-refractivity contribution in [2.45, 2.75) is 31.8 Å². The van der Waals surface area contributed by atoms with Crippen molar-refractivity contribution in [3.05, 3.63) is 35.4 Å². The molecule has 0 aliphatic heterocycles. The standard InChI is InChI=1S/C12H14O2/c1-9-2-4-10(5-3-9)12(14)7-6-11(13)8-12/h2-5,14H,6-8H2,1H3. The second-order valence-corrected chi connectivity index (χ2v) is 4.11. The SMILES string of the molecule is Cc1ccc(C2(O)CCC(=O)C2)cc1. The molecule has 2 heteroatoms. The Morgan fingerprint density at radius 2 is 1.93 bits per heavy atom. The molecule has 14 heavy (non-hydrogen) atoms. The minimum atomic E-state index is -0.898. The van der Waals surface area contributed by atoms with Crippen LogP contribution in [0.25, 0.3) is 0 Å². The smallest absolute Gasteiger partial charge is 0.136 e. The Balaban J connectivity index is 2.30. The third-order valence-corrected chi connectivity index (χ3v) is 2.90. The molecular weight excluding hydrogens is 176 g/mol. The number of aliphatic hydroxyl groups is 1. The van der Waals surface area contributed by atoms with Crippen LogP contribution in [0.3, 0.4) is 0 Å². The van der Waals surface area contributed by atoms with Crippen LogP contribution in [-0.2, 0) is 10.4 Å². The van der Waals surface area contributed by atoms with Crippen molar-refractivity contribution in [3.8, 4) is 0 Å². The number of hydrogen-bond acceptors (Lipinski definition) is 2. The lowest BCUT2D eigenvalue weighted by Gasteiger charge is -2.21. The molecule has 0 bridgehead atoms. The van der Waals surface area contributed by atoms with Crippen LogP contribution in [0.4, 0.5) is 0 Å². The summed E-state index contributed by atoms with van der Waals surface area (Å²) in [5.41, 5.74) is 1.14. The summed E-state index contributed by atoms with van der Waals surface area (Å²) in [5.74, 6) is 0.160. The van der Waals surface area contributed by atoms with E-state index in [0.717, 1.165) is 5.56 Å². The zero-order valence-electron chi connectivity index (χ0n) is 8.29. The Bertz CT molecular complexity index is 353.